The van der Waals surface area contributed by atoms with Gasteiger partial charge in [-0.05, 0) is 49.8 Å². The molecular weight excluding hydrogens is 447 g/mol. The number of carbonyl (C=O) groups is 1. The van der Waals surface area contributed by atoms with E-state index in [-0.39, 0.29) is 23.7 Å². The molecule has 0 aliphatic carbocycles. The lowest BCUT2D eigenvalue weighted by molar-refractivity contribution is -0.137. The van der Waals surface area contributed by atoms with Crippen LogP contribution < -0.4 is 10.1 Å². The van der Waals surface area contributed by atoms with Crippen molar-refractivity contribution in [1.29, 1.82) is 0 Å². The molecule has 2 heterocycles. The zero-order valence-electron chi connectivity index (χ0n) is 19.7. The average Bonchev–Trinajstić information content (AvgIpc) is 3.24. The molecule has 3 aromatic rings. The molecule has 0 saturated heterocycles. The van der Waals surface area contributed by atoms with Gasteiger partial charge in [-0.3, -0.25) is 4.79 Å². The van der Waals surface area contributed by atoms with Crippen molar-refractivity contribution in [2.24, 2.45) is 0 Å². The lowest BCUT2D eigenvalue weighted by atomic mass is 10.0. The first-order valence-corrected chi connectivity index (χ1v) is 10.7. The predicted molar refractivity (Wildman–Crippen MR) is 122 cm³/mol. The Balaban J connectivity index is 1.84. The number of likely N-dealkylation sites (N-methyl/N-ethyl adjacent to an activating group) is 1. The first-order chi connectivity index (χ1) is 16.0. The van der Waals surface area contributed by atoms with Gasteiger partial charge in [0.2, 0.25) is 0 Å². The highest BCUT2D eigenvalue weighted by atomic mass is 19.4. The van der Waals surface area contributed by atoms with E-state index in [1.165, 1.54) is 16.9 Å². The molecule has 1 unspecified atom stereocenters. The molecule has 1 amide bonds. The normalized spacial score (nSPS) is 12.8. The third-order valence-electron chi connectivity index (χ3n) is 5.45. The predicted octanol–water partition coefficient (Wildman–Crippen LogP) is 4.45. The second-order valence-corrected chi connectivity index (χ2v) is 8.38. The van der Waals surface area contributed by atoms with Crippen molar-refractivity contribution < 1.29 is 22.7 Å². The van der Waals surface area contributed by atoms with Crippen molar-refractivity contribution in [2.75, 3.05) is 27.7 Å². The van der Waals surface area contributed by atoms with Gasteiger partial charge in [-0.15, -0.1) is 0 Å². The molecule has 0 aliphatic heterocycles. The summed E-state index contributed by atoms with van der Waals surface area (Å²) in [5.74, 6) is 0.480. The summed E-state index contributed by atoms with van der Waals surface area (Å²) in [6, 6.07) is 9.72. The second-order valence-electron chi connectivity index (χ2n) is 8.38. The zero-order chi connectivity index (χ0) is 25.0. The smallest absolute Gasteiger partial charge is 0.417 e. The van der Waals surface area contributed by atoms with E-state index in [0.29, 0.717) is 17.8 Å². The Morgan fingerprint density at radius 3 is 2.47 bits per heavy atom. The first kappa shape index (κ1) is 25.2. The molecule has 182 valence electrons. The number of alkyl halides is 3. The number of methoxy groups -OCH3 is 1. The molecular formula is C24H28F3N5O2. The van der Waals surface area contributed by atoms with E-state index >= 15 is 0 Å². The van der Waals surface area contributed by atoms with Crippen molar-refractivity contribution in [3.63, 3.8) is 0 Å². The van der Waals surface area contributed by atoms with E-state index in [1.807, 2.05) is 57.1 Å². The van der Waals surface area contributed by atoms with E-state index in [4.69, 9.17) is 4.74 Å². The van der Waals surface area contributed by atoms with E-state index in [2.05, 4.69) is 15.4 Å². The molecule has 0 spiro atoms. The van der Waals surface area contributed by atoms with Crippen LogP contribution in [0.2, 0.25) is 0 Å². The van der Waals surface area contributed by atoms with Crippen LogP contribution in [0.5, 0.6) is 5.75 Å². The number of ether oxygens (including phenoxy) is 1. The lowest BCUT2D eigenvalue weighted by Gasteiger charge is -2.25. The molecule has 0 radical (unpaired) electrons. The summed E-state index contributed by atoms with van der Waals surface area (Å²) in [6.45, 7) is 4.10. The number of rotatable bonds is 8. The standard InChI is InChI=1S/C24H28F3N5O2/c1-15(2)22-19(13-30-32(22)21-10-9-17(12-28-21)24(25,26)27)23(33)29-14-20(31(3)4)16-7-6-8-18(11-16)34-5/h6-13,15,20H,14H2,1-5H3,(H,29,33). The van der Waals surface area contributed by atoms with E-state index in [9.17, 15) is 18.0 Å². The molecule has 0 bridgehead atoms. The van der Waals surface area contributed by atoms with Crippen LogP contribution in [0.3, 0.4) is 0 Å². The van der Waals surface area contributed by atoms with Gasteiger partial charge in [0.25, 0.3) is 5.91 Å². The number of pyridine rings is 1. The number of halogens is 3. The molecule has 7 nitrogen and oxygen atoms in total. The van der Waals surface area contributed by atoms with E-state index < -0.39 is 11.7 Å². The van der Waals surface area contributed by atoms with Crippen LogP contribution in [0.4, 0.5) is 13.2 Å². The van der Waals surface area contributed by atoms with Crippen LogP contribution >= 0.6 is 0 Å². The molecule has 1 atom stereocenters. The van der Waals surface area contributed by atoms with Crippen molar-refractivity contribution in [1.82, 2.24) is 25.0 Å². The first-order valence-electron chi connectivity index (χ1n) is 10.7. The molecule has 10 heteroatoms. The Morgan fingerprint density at radius 1 is 1.18 bits per heavy atom. The maximum Gasteiger partial charge on any atom is 0.417 e. The van der Waals surface area contributed by atoms with Crippen molar-refractivity contribution in [3.8, 4) is 11.6 Å². The number of amides is 1. The Labute approximate surface area is 196 Å². The number of hydrogen-bond donors (Lipinski definition) is 1. The minimum atomic E-state index is -4.48. The van der Waals surface area contributed by atoms with Gasteiger partial charge in [0.05, 0.1) is 36.2 Å². The number of hydrogen-bond acceptors (Lipinski definition) is 5. The van der Waals surface area contributed by atoms with Crippen LogP contribution in [0, 0.1) is 0 Å². The van der Waals surface area contributed by atoms with Crippen LogP contribution in [-0.4, -0.2) is 53.3 Å². The quantitative estimate of drug-likeness (QED) is 0.521. The fourth-order valence-electron chi connectivity index (χ4n) is 3.68. The molecule has 3 rings (SSSR count). The second kappa shape index (κ2) is 10.3. The highest BCUT2D eigenvalue weighted by molar-refractivity contribution is 5.95. The van der Waals surface area contributed by atoms with Gasteiger partial charge in [0, 0.05) is 12.7 Å². The summed E-state index contributed by atoms with van der Waals surface area (Å²) in [6.07, 6.45) is -2.30. The molecule has 34 heavy (non-hydrogen) atoms. The Bertz CT molecular complexity index is 1120. The minimum absolute atomic E-state index is 0.104. The van der Waals surface area contributed by atoms with Crippen LogP contribution in [0.1, 0.15) is 53.0 Å². The summed E-state index contributed by atoms with van der Waals surface area (Å²) in [4.78, 5) is 19.0. The summed E-state index contributed by atoms with van der Waals surface area (Å²) in [7, 11) is 5.44. The fourth-order valence-corrected chi connectivity index (χ4v) is 3.68. The van der Waals surface area contributed by atoms with Crippen LogP contribution in [0.15, 0.2) is 48.8 Å². The fraction of sp³-hybridized carbons (Fsp3) is 0.375. The van der Waals surface area contributed by atoms with Gasteiger partial charge < -0.3 is 15.0 Å². The summed E-state index contributed by atoms with van der Waals surface area (Å²) in [5, 5.41) is 7.21. The number of benzene rings is 1. The number of nitrogens with zero attached hydrogens (tertiary/aromatic N) is 4. The monoisotopic (exact) mass is 475 g/mol. The van der Waals surface area contributed by atoms with Crippen LogP contribution in [0.25, 0.3) is 5.82 Å². The zero-order valence-corrected chi connectivity index (χ0v) is 19.7. The number of aromatic nitrogens is 3. The maximum absolute atomic E-state index is 13.1. The van der Waals surface area contributed by atoms with E-state index in [0.717, 1.165) is 23.6 Å². The van der Waals surface area contributed by atoms with Gasteiger partial charge >= 0.3 is 6.18 Å². The SMILES string of the molecule is COc1cccc(C(CNC(=O)c2cnn(-c3ccc(C(F)(F)F)cn3)c2C(C)C)N(C)C)c1. The minimum Gasteiger partial charge on any atom is -0.497 e. The maximum atomic E-state index is 13.1. The molecule has 0 aliphatic rings. The largest absolute Gasteiger partial charge is 0.497 e. The molecule has 2 aromatic heterocycles. The third-order valence-corrected chi connectivity index (χ3v) is 5.45. The van der Waals surface area contributed by atoms with Crippen molar-refractivity contribution in [2.45, 2.75) is 32.0 Å². The van der Waals surface area contributed by atoms with Gasteiger partial charge in [0.1, 0.15) is 5.75 Å². The van der Waals surface area contributed by atoms with Gasteiger partial charge in [-0.25, -0.2) is 9.67 Å². The summed E-state index contributed by atoms with van der Waals surface area (Å²) < 4.78 is 45.4. The van der Waals surface area contributed by atoms with Gasteiger partial charge in [-0.1, -0.05) is 26.0 Å². The Morgan fingerprint density at radius 2 is 1.91 bits per heavy atom. The van der Waals surface area contributed by atoms with Crippen molar-refractivity contribution >= 4 is 5.91 Å². The summed E-state index contributed by atoms with van der Waals surface area (Å²) >= 11 is 0. The van der Waals surface area contributed by atoms with Crippen LogP contribution in [-0.2, 0) is 6.18 Å². The molecule has 1 N–H and O–H groups in total. The Hall–Kier alpha value is -3.40. The molecule has 1 aromatic carbocycles. The van der Waals surface area contributed by atoms with Gasteiger partial charge in [-0.2, -0.15) is 18.3 Å². The Kier molecular flexibility index (Phi) is 7.61. The molecule has 0 saturated carbocycles. The molecule has 0 fully saturated rings. The summed E-state index contributed by atoms with van der Waals surface area (Å²) in [5.41, 5.74) is 1.05. The topological polar surface area (TPSA) is 72.3 Å². The highest BCUT2D eigenvalue weighted by Gasteiger charge is 2.31. The van der Waals surface area contributed by atoms with Crippen molar-refractivity contribution in [3.05, 3.63) is 71.2 Å². The van der Waals surface area contributed by atoms with E-state index in [1.54, 1.807) is 7.11 Å². The number of carbonyl (C=O) groups excluding carboxylic acids is 1. The third kappa shape index (κ3) is 5.56. The van der Waals surface area contributed by atoms with Gasteiger partial charge in [0.15, 0.2) is 5.82 Å². The average molecular weight is 476 g/mol. The lowest BCUT2D eigenvalue weighted by Crippen LogP contribution is -2.35. The highest BCUT2D eigenvalue weighted by Crippen LogP contribution is 2.29. The number of nitrogens with one attached hydrogen (secondary N) is 1.